The first kappa shape index (κ1) is 13.5. The van der Waals surface area contributed by atoms with E-state index in [1.54, 1.807) is 0 Å². The zero-order valence-corrected chi connectivity index (χ0v) is 11.1. The first-order valence-corrected chi connectivity index (χ1v) is 6.37. The summed E-state index contributed by atoms with van der Waals surface area (Å²) in [5, 5.41) is 6.36. The Morgan fingerprint density at radius 1 is 1.50 bits per heavy atom. The summed E-state index contributed by atoms with van der Waals surface area (Å²) < 4.78 is 0. The minimum atomic E-state index is 0.203. The lowest BCUT2D eigenvalue weighted by molar-refractivity contribution is -0.122. The molecule has 3 nitrogen and oxygen atoms in total. The van der Waals surface area contributed by atoms with Crippen molar-refractivity contribution in [2.24, 2.45) is 17.3 Å². The van der Waals surface area contributed by atoms with Gasteiger partial charge in [-0.2, -0.15) is 0 Å². The minimum absolute atomic E-state index is 0.203. The lowest BCUT2D eigenvalue weighted by atomic mass is 9.80. The van der Waals surface area contributed by atoms with Crippen molar-refractivity contribution in [2.75, 3.05) is 19.6 Å². The van der Waals surface area contributed by atoms with Gasteiger partial charge in [-0.1, -0.05) is 27.7 Å². The van der Waals surface area contributed by atoms with Crippen molar-refractivity contribution in [2.45, 2.75) is 40.5 Å². The summed E-state index contributed by atoms with van der Waals surface area (Å²) in [7, 11) is 0. The molecule has 0 radical (unpaired) electrons. The number of rotatable bonds is 4. The van der Waals surface area contributed by atoms with Gasteiger partial charge in [0, 0.05) is 13.0 Å². The molecule has 1 saturated heterocycles. The Morgan fingerprint density at radius 3 is 2.69 bits per heavy atom. The summed E-state index contributed by atoms with van der Waals surface area (Å²) in [6, 6.07) is 0. The number of carbonyl (C=O) groups excluding carboxylic acids is 1. The molecule has 0 aromatic carbocycles. The van der Waals surface area contributed by atoms with E-state index in [9.17, 15) is 4.79 Å². The second-order valence-corrected chi connectivity index (χ2v) is 6.13. The van der Waals surface area contributed by atoms with E-state index in [0.717, 1.165) is 19.6 Å². The van der Waals surface area contributed by atoms with E-state index >= 15 is 0 Å². The zero-order chi connectivity index (χ0) is 12.2. The Kier molecular flexibility index (Phi) is 4.78. The van der Waals surface area contributed by atoms with Gasteiger partial charge in [0.1, 0.15) is 0 Å². The van der Waals surface area contributed by atoms with Crippen molar-refractivity contribution >= 4 is 5.91 Å². The van der Waals surface area contributed by atoms with Gasteiger partial charge in [-0.25, -0.2) is 0 Å². The Labute approximate surface area is 99.4 Å². The predicted octanol–water partition coefficient (Wildman–Crippen LogP) is 1.78. The van der Waals surface area contributed by atoms with Crippen molar-refractivity contribution in [1.82, 2.24) is 10.6 Å². The minimum Gasteiger partial charge on any atom is -0.356 e. The van der Waals surface area contributed by atoms with Gasteiger partial charge in [-0.15, -0.1) is 0 Å². The van der Waals surface area contributed by atoms with Gasteiger partial charge in [0.05, 0.1) is 0 Å². The number of hydrogen-bond donors (Lipinski definition) is 2. The molecule has 0 aromatic rings. The van der Waals surface area contributed by atoms with Gasteiger partial charge in [0.25, 0.3) is 0 Å². The molecule has 1 fully saturated rings. The van der Waals surface area contributed by atoms with Crippen LogP contribution in [0.3, 0.4) is 0 Å². The molecule has 1 heterocycles. The van der Waals surface area contributed by atoms with Gasteiger partial charge < -0.3 is 10.6 Å². The van der Waals surface area contributed by atoms with Crippen LogP contribution in [0.15, 0.2) is 0 Å². The quantitative estimate of drug-likeness (QED) is 0.767. The van der Waals surface area contributed by atoms with Crippen LogP contribution in [0.5, 0.6) is 0 Å². The molecule has 3 heteroatoms. The molecule has 1 amide bonds. The van der Waals surface area contributed by atoms with Gasteiger partial charge in [-0.3, -0.25) is 4.79 Å². The second-order valence-electron chi connectivity index (χ2n) is 6.13. The number of amides is 1. The molecule has 0 saturated carbocycles. The smallest absolute Gasteiger partial charge is 0.220 e. The summed E-state index contributed by atoms with van der Waals surface area (Å²) in [4.78, 5) is 11.7. The Balaban J connectivity index is 2.20. The monoisotopic (exact) mass is 226 g/mol. The van der Waals surface area contributed by atoms with Crippen molar-refractivity contribution in [3.8, 4) is 0 Å². The Bertz CT molecular complexity index is 227. The first-order valence-electron chi connectivity index (χ1n) is 6.37. The largest absolute Gasteiger partial charge is 0.356 e. The molecule has 2 atom stereocenters. The van der Waals surface area contributed by atoms with Crippen LogP contribution in [-0.2, 0) is 4.79 Å². The maximum absolute atomic E-state index is 11.7. The normalized spacial score (nSPS) is 23.1. The van der Waals surface area contributed by atoms with Crippen LogP contribution in [0.25, 0.3) is 0 Å². The van der Waals surface area contributed by atoms with Crippen LogP contribution in [0.1, 0.15) is 40.5 Å². The third kappa shape index (κ3) is 4.52. The predicted molar refractivity (Wildman–Crippen MR) is 67.2 cm³/mol. The van der Waals surface area contributed by atoms with Crippen LogP contribution in [0.4, 0.5) is 0 Å². The SMILES string of the molecule is CC(CC(=O)NCC1CCNC1)C(C)(C)C. The Hall–Kier alpha value is -0.570. The van der Waals surface area contributed by atoms with E-state index in [4.69, 9.17) is 0 Å². The van der Waals surface area contributed by atoms with Crippen molar-refractivity contribution in [1.29, 1.82) is 0 Å². The molecule has 94 valence electrons. The molecule has 1 aliphatic rings. The molecule has 0 bridgehead atoms. The molecule has 1 aliphatic heterocycles. The van der Waals surface area contributed by atoms with E-state index in [2.05, 4.69) is 38.3 Å². The maximum atomic E-state index is 11.7. The van der Waals surface area contributed by atoms with Gasteiger partial charge in [0.15, 0.2) is 0 Å². The summed E-state index contributed by atoms with van der Waals surface area (Å²) in [5.41, 5.74) is 0.215. The number of nitrogens with one attached hydrogen (secondary N) is 2. The average Bonchev–Trinajstić information content (AvgIpc) is 2.65. The maximum Gasteiger partial charge on any atom is 0.220 e. The first-order chi connectivity index (χ1) is 7.39. The van der Waals surface area contributed by atoms with Crippen LogP contribution in [-0.4, -0.2) is 25.5 Å². The molecule has 16 heavy (non-hydrogen) atoms. The molecule has 0 aliphatic carbocycles. The summed E-state index contributed by atoms with van der Waals surface area (Å²) in [6.07, 6.45) is 1.83. The molecule has 0 aromatic heterocycles. The number of hydrogen-bond acceptors (Lipinski definition) is 2. The zero-order valence-electron chi connectivity index (χ0n) is 11.1. The third-order valence-corrected chi connectivity index (χ3v) is 3.72. The highest BCUT2D eigenvalue weighted by atomic mass is 16.1. The van der Waals surface area contributed by atoms with Crippen molar-refractivity contribution in [3.05, 3.63) is 0 Å². The second kappa shape index (κ2) is 5.67. The van der Waals surface area contributed by atoms with Gasteiger partial charge in [-0.05, 0) is 36.8 Å². The van der Waals surface area contributed by atoms with Crippen LogP contribution in [0.2, 0.25) is 0 Å². The number of carbonyl (C=O) groups is 1. The molecular formula is C13H26N2O. The molecular weight excluding hydrogens is 200 g/mol. The van der Waals surface area contributed by atoms with E-state index in [1.807, 2.05) is 0 Å². The van der Waals surface area contributed by atoms with Crippen LogP contribution in [0, 0.1) is 17.3 Å². The van der Waals surface area contributed by atoms with Gasteiger partial charge >= 0.3 is 0 Å². The lowest BCUT2D eigenvalue weighted by Crippen LogP contribution is -2.33. The fourth-order valence-corrected chi connectivity index (χ4v) is 1.80. The third-order valence-electron chi connectivity index (χ3n) is 3.72. The average molecular weight is 226 g/mol. The Morgan fingerprint density at radius 2 is 2.19 bits per heavy atom. The summed E-state index contributed by atoms with van der Waals surface area (Å²) in [6.45, 7) is 11.7. The van der Waals surface area contributed by atoms with Crippen molar-refractivity contribution < 1.29 is 4.79 Å². The van der Waals surface area contributed by atoms with E-state index < -0.39 is 0 Å². The lowest BCUT2D eigenvalue weighted by Gasteiger charge is -2.26. The van der Waals surface area contributed by atoms with E-state index in [0.29, 0.717) is 18.3 Å². The highest BCUT2D eigenvalue weighted by Crippen LogP contribution is 2.27. The topological polar surface area (TPSA) is 41.1 Å². The molecule has 2 N–H and O–H groups in total. The standard InChI is InChI=1S/C13H26N2O/c1-10(13(2,3)4)7-12(16)15-9-11-5-6-14-8-11/h10-11,14H,5-9H2,1-4H3,(H,15,16). The molecule has 2 unspecified atom stereocenters. The van der Waals surface area contributed by atoms with Crippen molar-refractivity contribution in [3.63, 3.8) is 0 Å². The highest BCUT2D eigenvalue weighted by molar-refractivity contribution is 5.76. The van der Waals surface area contributed by atoms with E-state index in [1.165, 1.54) is 6.42 Å². The van der Waals surface area contributed by atoms with Gasteiger partial charge in [0.2, 0.25) is 5.91 Å². The fraction of sp³-hybridized carbons (Fsp3) is 0.923. The van der Waals surface area contributed by atoms with E-state index in [-0.39, 0.29) is 11.3 Å². The summed E-state index contributed by atoms with van der Waals surface area (Å²) in [5.74, 6) is 1.26. The molecule has 0 spiro atoms. The van der Waals surface area contributed by atoms with Crippen LogP contribution < -0.4 is 10.6 Å². The summed E-state index contributed by atoms with van der Waals surface area (Å²) >= 11 is 0. The fourth-order valence-electron chi connectivity index (χ4n) is 1.80. The highest BCUT2D eigenvalue weighted by Gasteiger charge is 2.23. The van der Waals surface area contributed by atoms with Crippen LogP contribution >= 0.6 is 0 Å². The molecule has 1 rings (SSSR count).